The van der Waals surface area contributed by atoms with Crippen LogP contribution in [0.5, 0.6) is 0 Å². The zero-order valence-electron chi connectivity index (χ0n) is 10.1. The third-order valence-electron chi connectivity index (χ3n) is 2.88. The largest absolute Gasteiger partial charge is 0.305 e. The van der Waals surface area contributed by atoms with E-state index in [-0.39, 0.29) is 0 Å². The monoisotopic (exact) mass is 299 g/mol. The number of hydrogen-bond acceptors (Lipinski definition) is 2. The van der Waals surface area contributed by atoms with Gasteiger partial charge in [-0.1, -0.05) is 42.3 Å². The van der Waals surface area contributed by atoms with Crippen molar-refractivity contribution in [2.24, 2.45) is 0 Å². The third kappa shape index (κ3) is 3.27. The van der Waals surface area contributed by atoms with E-state index in [2.05, 4.69) is 29.8 Å². The fraction of sp³-hybridized carbons (Fsp3) is 0.286. The Morgan fingerprint density at radius 3 is 2.44 bits per heavy atom. The lowest BCUT2D eigenvalue weighted by Gasteiger charge is -2.16. The van der Waals surface area contributed by atoms with Crippen molar-refractivity contribution in [3.63, 3.8) is 0 Å². The van der Waals surface area contributed by atoms with Crippen molar-refractivity contribution >= 4 is 34.5 Å². The van der Waals surface area contributed by atoms with Crippen molar-refractivity contribution in [3.05, 3.63) is 56.2 Å². The summed E-state index contributed by atoms with van der Waals surface area (Å²) in [5.41, 5.74) is 0.968. The molecule has 0 aliphatic carbocycles. The Morgan fingerprint density at radius 2 is 1.89 bits per heavy atom. The lowest BCUT2D eigenvalue weighted by molar-refractivity contribution is 0.527. The molecule has 1 N–H and O–H groups in total. The van der Waals surface area contributed by atoms with Crippen molar-refractivity contribution in [3.8, 4) is 0 Å². The predicted molar refractivity (Wildman–Crippen MR) is 80.7 cm³/mol. The number of benzene rings is 1. The molecule has 2 rings (SSSR count). The number of nitrogens with one attached hydrogen (secondary N) is 1. The molecule has 0 spiro atoms. The Hall–Kier alpha value is -0.540. The number of halogens is 2. The zero-order valence-corrected chi connectivity index (χ0v) is 12.4. The average molecular weight is 300 g/mol. The van der Waals surface area contributed by atoms with E-state index in [9.17, 15) is 0 Å². The van der Waals surface area contributed by atoms with E-state index in [1.165, 1.54) is 4.88 Å². The highest BCUT2D eigenvalue weighted by Gasteiger charge is 2.11. The molecule has 1 aromatic heterocycles. The lowest BCUT2D eigenvalue weighted by Crippen LogP contribution is -2.19. The fourth-order valence-electron chi connectivity index (χ4n) is 1.86. The van der Waals surface area contributed by atoms with Crippen LogP contribution >= 0.6 is 34.5 Å². The second-order valence-corrected chi connectivity index (χ2v) is 5.85. The molecule has 4 heteroatoms. The van der Waals surface area contributed by atoms with Crippen molar-refractivity contribution in [2.45, 2.75) is 25.9 Å². The van der Waals surface area contributed by atoms with Gasteiger partial charge in [-0.25, -0.2) is 0 Å². The summed E-state index contributed by atoms with van der Waals surface area (Å²) in [6.45, 7) is 2.86. The summed E-state index contributed by atoms with van der Waals surface area (Å²) in [4.78, 5) is 1.35. The normalized spacial score (nSPS) is 12.6. The van der Waals surface area contributed by atoms with Crippen LogP contribution in [-0.4, -0.2) is 0 Å². The number of thiophene rings is 1. The minimum absolute atomic E-state index is 0.359. The highest BCUT2D eigenvalue weighted by molar-refractivity contribution is 7.10. The van der Waals surface area contributed by atoms with Crippen LogP contribution in [0, 0.1) is 0 Å². The topological polar surface area (TPSA) is 12.0 Å². The van der Waals surface area contributed by atoms with Crippen LogP contribution < -0.4 is 5.32 Å². The highest BCUT2D eigenvalue weighted by Crippen LogP contribution is 2.26. The number of hydrogen-bond donors (Lipinski definition) is 1. The maximum absolute atomic E-state index is 6.16. The Bertz CT molecular complexity index is 476. The minimum Gasteiger partial charge on any atom is -0.305 e. The maximum atomic E-state index is 6.16. The molecule has 0 aliphatic heterocycles. The van der Waals surface area contributed by atoms with E-state index in [1.54, 1.807) is 11.3 Å². The summed E-state index contributed by atoms with van der Waals surface area (Å²) in [6, 6.07) is 10.2. The molecule has 0 bridgehead atoms. The van der Waals surface area contributed by atoms with Gasteiger partial charge in [-0.3, -0.25) is 0 Å². The summed E-state index contributed by atoms with van der Waals surface area (Å²) < 4.78 is 0. The molecule has 1 unspecified atom stereocenters. The van der Waals surface area contributed by atoms with Gasteiger partial charge in [-0.15, -0.1) is 11.3 Å². The Morgan fingerprint density at radius 1 is 1.17 bits per heavy atom. The standard InChI is InChI=1S/C14H15Cl2NS/c1-2-13(14-7-4-8-18-14)17-9-10-11(15)5-3-6-12(10)16/h3-8,13,17H,2,9H2,1H3. The van der Waals surface area contributed by atoms with Gasteiger partial charge in [-0.05, 0) is 30.0 Å². The van der Waals surface area contributed by atoms with Gasteiger partial charge in [0.05, 0.1) is 0 Å². The molecular formula is C14H15Cl2NS. The first-order valence-corrected chi connectivity index (χ1v) is 7.55. The van der Waals surface area contributed by atoms with Crippen molar-refractivity contribution in [2.75, 3.05) is 0 Å². The Labute approximate surface area is 122 Å². The van der Waals surface area contributed by atoms with Gasteiger partial charge in [0.1, 0.15) is 0 Å². The number of rotatable bonds is 5. The van der Waals surface area contributed by atoms with Gasteiger partial charge in [0.15, 0.2) is 0 Å². The Kier molecular flexibility index (Phi) is 5.07. The first kappa shape index (κ1) is 13.9. The predicted octanol–water partition coefficient (Wildman–Crippen LogP) is 5.30. The van der Waals surface area contributed by atoms with Crippen LogP contribution in [0.25, 0.3) is 0 Å². The maximum Gasteiger partial charge on any atom is 0.0465 e. The quantitative estimate of drug-likeness (QED) is 0.790. The van der Waals surface area contributed by atoms with Crippen LogP contribution in [0.3, 0.4) is 0 Å². The molecule has 0 saturated heterocycles. The molecule has 0 amide bonds. The van der Waals surface area contributed by atoms with E-state index in [0.29, 0.717) is 12.6 Å². The van der Waals surface area contributed by atoms with Crippen molar-refractivity contribution in [1.29, 1.82) is 0 Å². The minimum atomic E-state index is 0.359. The van der Waals surface area contributed by atoms with Gasteiger partial charge in [-0.2, -0.15) is 0 Å². The zero-order chi connectivity index (χ0) is 13.0. The second-order valence-electron chi connectivity index (χ2n) is 4.06. The summed E-state index contributed by atoms with van der Waals surface area (Å²) in [5.74, 6) is 0. The molecule has 1 atom stereocenters. The molecule has 0 saturated carbocycles. The van der Waals surface area contributed by atoms with E-state index in [0.717, 1.165) is 22.0 Å². The van der Waals surface area contributed by atoms with Crippen LogP contribution in [0.15, 0.2) is 35.7 Å². The van der Waals surface area contributed by atoms with E-state index in [4.69, 9.17) is 23.2 Å². The van der Waals surface area contributed by atoms with E-state index in [1.807, 2.05) is 18.2 Å². The molecule has 0 radical (unpaired) electrons. The van der Waals surface area contributed by atoms with Crippen LogP contribution in [-0.2, 0) is 6.54 Å². The molecule has 1 aromatic carbocycles. The summed E-state index contributed by atoms with van der Waals surface area (Å²) in [6.07, 6.45) is 1.04. The molecule has 0 fully saturated rings. The first-order valence-electron chi connectivity index (χ1n) is 5.92. The summed E-state index contributed by atoms with van der Waals surface area (Å²) in [5, 5.41) is 7.05. The van der Waals surface area contributed by atoms with Gasteiger partial charge in [0, 0.05) is 33.1 Å². The fourth-order valence-corrected chi connectivity index (χ4v) is 3.28. The molecule has 1 heterocycles. The van der Waals surface area contributed by atoms with Gasteiger partial charge >= 0.3 is 0 Å². The van der Waals surface area contributed by atoms with Crippen LogP contribution in [0.2, 0.25) is 10.0 Å². The van der Waals surface area contributed by atoms with Crippen molar-refractivity contribution < 1.29 is 0 Å². The van der Waals surface area contributed by atoms with Crippen molar-refractivity contribution in [1.82, 2.24) is 5.32 Å². The molecule has 2 aromatic rings. The van der Waals surface area contributed by atoms with E-state index >= 15 is 0 Å². The third-order valence-corrected chi connectivity index (χ3v) is 4.58. The second kappa shape index (κ2) is 6.58. The lowest BCUT2D eigenvalue weighted by atomic mass is 10.1. The van der Waals surface area contributed by atoms with Gasteiger partial charge < -0.3 is 5.32 Å². The van der Waals surface area contributed by atoms with E-state index < -0.39 is 0 Å². The molecule has 0 aliphatic rings. The average Bonchev–Trinajstić information content (AvgIpc) is 2.87. The summed E-state index contributed by atoms with van der Waals surface area (Å²) >= 11 is 14.1. The van der Waals surface area contributed by atoms with Gasteiger partial charge in [0.2, 0.25) is 0 Å². The SMILES string of the molecule is CCC(NCc1c(Cl)cccc1Cl)c1cccs1. The Balaban J connectivity index is 2.06. The molecule has 18 heavy (non-hydrogen) atoms. The smallest absolute Gasteiger partial charge is 0.0465 e. The molecular weight excluding hydrogens is 285 g/mol. The summed E-state index contributed by atoms with van der Waals surface area (Å²) in [7, 11) is 0. The first-order chi connectivity index (χ1) is 8.72. The van der Waals surface area contributed by atoms with Crippen LogP contribution in [0.4, 0.5) is 0 Å². The van der Waals surface area contributed by atoms with Gasteiger partial charge in [0.25, 0.3) is 0 Å². The highest BCUT2D eigenvalue weighted by atomic mass is 35.5. The molecule has 96 valence electrons. The molecule has 1 nitrogen and oxygen atoms in total. The van der Waals surface area contributed by atoms with Crippen LogP contribution in [0.1, 0.15) is 29.8 Å².